The Labute approximate surface area is 118 Å². The number of hydrogen-bond donors (Lipinski definition) is 0. The summed E-state index contributed by atoms with van der Waals surface area (Å²) in [6.07, 6.45) is 0.831. The van der Waals surface area contributed by atoms with E-state index < -0.39 is 5.60 Å². The minimum Gasteiger partial charge on any atom is -0.493 e. The highest BCUT2D eigenvalue weighted by Gasteiger charge is 2.60. The lowest BCUT2D eigenvalue weighted by molar-refractivity contribution is -0.197. The Morgan fingerprint density at radius 1 is 1.20 bits per heavy atom. The second kappa shape index (κ2) is 4.38. The predicted molar refractivity (Wildman–Crippen MR) is 73.1 cm³/mol. The van der Waals surface area contributed by atoms with E-state index in [-0.39, 0.29) is 11.9 Å². The number of hydrogen-bond acceptors (Lipinski definition) is 4. The number of amides is 1. The van der Waals surface area contributed by atoms with Crippen molar-refractivity contribution in [3.8, 4) is 11.5 Å². The Hall–Kier alpha value is -1.75. The molecular weight excluding hydrogens is 258 g/mol. The summed E-state index contributed by atoms with van der Waals surface area (Å²) in [5, 5.41) is 0. The molecule has 2 aliphatic rings. The van der Waals surface area contributed by atoms with E-state index in [1.807, 2.05) is 24.0 Å². The van der Waals surface area contributed by atoms with Crippen LogP contribution in [-0.4, -0.2) is 44.3 Å². The molecule has 108 valence electrons. The maximum Gasteiger partial charge on any atom is 0.257 e. The number of β-lactam (4-membered cyclic amide) rings is 1. The first kappa shape index (κ1) is 13.2. The molecule has 2 heterocycles. The molecule has 0 radical (unpaired) electrons. The fourth-order valence-corrected chi connectivity index (χ4v) is 3.29. The molecule has 0 N–H and O–H groups in total. The maximum atomic E-state index is 12.2. The van der Waals surface area contributed by atoms with E-state index in [1.165, 1.54) is 5.56 Å². The van der Waals surface area contributed by atoms with Crippen LogP contribution in [0.1, 0.15) is 24.1 Å². The molecule has 2 unspecified atom stereocenters. The highest BCUT2D eigenvalue weighted by Crippen LogP contribution is 2.50. The van der Waals surface area contributed by atoms with Gasteiger partial charge in [0.15, 0.2) is 17.1 Å². The number of rotatable bonds is 3. The third-order valence-corrected chi connectivity index (χ3v) is 4.51. The number of ether oxygens (including phenoxy) is 3. The van der Waals surface area contributed by atoms with Gasteiger partial charge in [0.1, 0.15) is 0 Å². The molecule has 0 spiro atoms. The lowest BCUT2D eigenvalue weighted by Crippen LogP contribution is -2.69. The SMILES string of the molecule is COc1cc2c(cc1OC)C1N(CC2)C(=O)C1(C)OC. The normalized spacial score (nSPS) is 27.5. The molecule has 20 heavy (non-hydrogen) atoms. The summed E-state index contributed by atoms with van der Waals surface area (Å²) in [5.74, 6) is 1.47. The number of carbonyl (C=O) groups excluding carboxylic acids is 1. The van der Waals surface area contributed by atoms with Crippen LogP contribution in [0.2, 0.25) is 0 Å². The van der Waals surface area contributed by atoms with Gasteiger partial charge in [-0.15, -0.1) is 0 Å². The molecule has 1 aromatic rings. The highest BCUT2D eigenvalue weighted by atomic mass is 16.5. The van der Waals surface area contributed by atoms with Crippen LogP contribution in [0.3, 0.4) is 0 Å². The van der Waals surface area contributed by atoms with Crippen molar-refractivity contribution < 1.29 is 19.0 Å². The molecule has 1 aromatic carbocycles. The van der Waals surface area contributed by atoms with E-state index in [1.54, 1.807) is 21.3 Å². The average Bonchev–Trinajstić information content (AvgIpc) is 2.50. The van der Waals surface area contributed by atoms with Crippen molar-refractivity contribution in [2.75, 3.05) is 27.9 Å². The Kier molecular flexibility index (Phi) is 2.90. The Balaban J connectivity index is 2.10. The van der Waals surface area contributed by atoms with Crippen molar-refractivity contribution >= 4 is 5.91 Å². The quantitative estimate of drug-likeness (QED) is 0.787. The van der Waals surface area contributed by atoms with Gasteiger partial charge in [0.25, 0.3) is 5.91 Å². The van der Waals surface area contributed by atoms with Crippen molar-refractivity contribution in [2.45, 2.75) is 25.0 Å². The first-order valence-corrected chi connectivity index (χ1v) is 6.67. The lowest BCUT2D eigenvalue weighted by Gasteiger charge is -2.56. The van der Waals surface area contributed by atoms with Crippen LogP contribution in [-0.2, 0) is 16.0 Å². The van der Waals surface area contributed by atoms with E-state index in [0.717, 1.165) is 24.3 Å². The van der Waals surface area contributed by atoms with E-state index in [9.17, 15) is 4.79 Å². The van der Waals surface area contributed by atoms with Gasteiger partial charge in [0.05, 0.1) is 20.3 Å². The largest absolute Gasteiger partial charge is 0.493 e. The second-order valence-electron chi connectivity index (χ2n) is 5.37. The van der Waals surface area contributed by atoms with Crippen molar-refractivity contribution in [1.29, 1.82) is 0 Å². The fraction of sp³-hybridized carbons (Fsp3) is 0.533. The molecule has 2 atom stereocenters. The molecule has 0 aliphatic carbocycles. The zero-order chi connectivity index (χ0) is 14.5. The summed E-state index contributed by atoms with van der Waals surface area (Å²) >= 11 is 0. The standard InChI is InChI=1S/C15H19NO4/c1-15(20-4)13-10-8-12(19-3)11(18-2)7-9(10)5-6-16(13)14(15)17/h7-8,13H,5-6H2,1-4H3. The minimum atomic E-state index is -0.769. The minimum absolute atomic E-state index is 0.0384. The van der Waals surface area contributed by atoms with E-state index >= 15 is 0 Å². The van der Waals surface area contributed by atoms with Crippen molar-refractivity contribution in [1.82, 2.24) is 4.90 Å². The molecule has 1 fully saturated rings. The predicted octanol–water partition coefficient (Wildman–Crippen LogP) is 1.55. The van der Waals surface area contributed by atoms with Crippen LogP contribution in [0, 0.1) is 0 Å². The van der Waals surface area contributed by atoms with E-state index in [0.29, 0.717) is 5.75 Å². The number of nitrogens with zero attached hydrogens (tertiary/aromatic N) is 1. The van der Waals surface area contributed by atoms with Gasteiger partial charge in [0, 0.05) is 13.7 Å². The Morgan fingerprint density at radius 2 is 1.85 bits per heavy atom. The van der Waals surface area contributed by atoms with Gasteiger partial charge in [-0.2, -0.15) is 0 Å². The molecular formula is C15H19NO4. The summed E-state index contributed by atoms with van der Waals surface area (Å²) in [6, 6.07) is 3.93. The van der Waals surface area contributed by atoms with Gasteiger partial charge >= 0.3 is 0 Å². The van der Waals surface area contributed by atoms with Crippen LogP contribution in [0.25, 0.3) is 0 Å². The van der Waals surface area contributed by atoms with Crippen LogP contribution in [0.5, 0.6) is 11.5 Å². The monoisotopic (exact) mass is 277 g/mol. The number of fused-ring (bicyclic) bond motifs is 3. The molecule has 1 saturated heterocycles. The first-order chi connectivity index (χ1) is 9.56. The van der Waals surface area contributed by atoms with E-state index in [2.05, 4.69) is 0 Å². The maximum absolute atomic E-state index is 12.2. The van der Waals surface area contributed by atoms with Crippen LogP contribution in [0.15, 0.2) is 12.1 Å². The molecule has 0 aromatic heterocycles. The molecule has 3 rings (SSSR count). The summed E-state index contributed by atoms with van der Waals surface area (Å²) in [6.45, 7) is 2.58. The molecule has 0 saturated carbocycles. The summed E-state index contributed by atoms with van der Waals surface area (Å²) < 4.78 is 16.2. The lowest BCUT2D eigenvalue weighted by atomic mass is 9.74. The van der Waals surface area contributed by atoms with Crippen LogP contribution in [0.4, 0.5) is 0 Å². The third-order valence-electron chi connectivity index (χ3n) is 4.51. The van der Waals surface area contributed by atoms with Gasteiger partial charge < -0.3 is 19.1 Å². The number of methoxy groups -OCH3 is 3. The second-order valence-corrected chi connectivity index (χ2v) is 5.37. The smallest absolute Gasteiger partial charge is 0.257 e. The molecule has 5 heteroatoms. The van der Waals surface area contributed by atoms with Gasteiger partial charge in [-0.25, -0.2) is 0 Å². The molecule has 5 nitrogen and oxygen atoms in total. The van der Waals surface area contributed by atoms with Gasteiger partial charge in [-0.1, -0.05) is 0 Å². The topological polar surface area (TPSA) is 48.0 Å². The van der Waals surface area contributed by atoms with Crippen LogP contribution < -0.4 is 9.47 Å². The number of carbonyl (C=O) groups is 1. The third kappa shape index (κ3) is 1.50. The summed E-state index contributed by atoms with van der Waals surface area (Å²) in [4.78, 5) is 14.1. The number of benzene rings is 1. The summed E-state index contributed by atoms with van der Waals surface area (Å²) in [7, 11) is 4.84. The fourth-order valence-electron chi connectivity index (χ4n) is 3.29. The van der Waals surface area contributed by atoms with E-state index in [4.69, 9.17) is 14.2 Å². The highest BCUT2D eigenvalue weighted by molar-refractivity contribution is 5.93. The molecule has 0 bridgehead atoms. The van der Waals surface area contributed by atoms with Crippen molar-refractivity contribution in [3.63, 3.8) is 0 Å². The van der Waals surface area contributed by atoms with Crippen LogP contribution >= 0.6 is 0 Å². The molecule has 1 amide bonds. The van der Waals surface area contributed by atoms with Crippen molar-refractivity contribution in [2.24, 2.45) is 0 Å². The zero-order valence-electron chi connectivity index (χ0n) is 12.2. The average molecular weight is 277 g/mol. The van der Waals surface area contributed by atoms with Gasteiger partial charge in [-0.05, 0) is 36.6 Å². The Morgan fingerprint density at radius 3 is 2.45 bits per heavy atom. The Bertz CT molecular complexity index is 571. The van der Waals surface area contributed by atoms with Gasteiger partial charge in [0.2, 0.25) is 0 Å². The van der Waals surface area contributed by atoms with Gasteiger partial charge in [-0.3, -0.25) is 4.79 Å². The molecule has 2 aliphatic heterocycles. The van der Waals surface area contributed by atoms with Crippen molar-refractivity contribution in [3.05, 3.63) is 23.3 Å². The summed E-state index contributed by atoms with van der Waals surface area (Å²) in [5.41, 5.74) is 1.52. The first-order valence-electron chi connectivity index (χ1n) is 6.67. The zero-order valence-corrected chi connectivity index (χ0v) is 12.2.